The van der Waals surface area contributed by atoms with Gasteiger partial charge in [0.25, 0.3) is 0 Å². The number of halogens is 2. The Morgan fingerprint density at radius 2 is 1.25 bits per heavy atom. The first-order chi connectivity index (χ1) is 5.79. The summed E-state index contributed by atoms with van der Waals surface area (Å²) in [5.41, 5.74) is 1.47. The van der Waals surface area contributed by atoms with E-state index in [2.05, 4.69) is 51.0 Å². The predicted octanol–water partition coefficient (Wildman–Crippen LogP) is 2.58. The maximum atomic E-state index is 3.91. The van der Waals surface area contributed by atoms with Gasteiger partial charge in [-0.2, -0.15) is 0 Å². The molecule has 0 atom stereocenters. The maximum absolute atomic E-state index is 3.91. The fourth-order valence-corrected chi connectivity index (χ4v) is 2.40. The third-order valence-corrected chi connectivity index (χ3v) is 3.77. The van der Waals surface area contributed by atoms with Gasteiger partial charge < -0.3 is 0 Å². The molecule has 4 nitrogen and oxygen atoms in total. The molecule has 0 aliphatic rings. The standard InChI is InChI=1S/C4Br2N4S2/c5-3-1(7-9-11-3)2-4(6)12-10-8-2. The number of rotatable bonds is 1. The Hall–Kier alpha value is 0.0800. The van der Waals surface area contributed by atoms with E-state index in [1.807, 2.05) is 0 Å². The average molecular weight is 328 g/mol. The minimum Gasteiger partial charge on any atom is -0.135 e. The van der Waals surface area contributed by atoms with E-state index in [0.717, 1.165) is 19.0 Å². The normalized spacial score (nSPS) is 10.5. The fraction of sp³-hybridized carbons (Fsp3) is 0. The zero-order valence-electron chi connectivity index (χ0n) is 5.36. The van der Waals surface area contributed by atoms with Crippen LogP contribution < -0.4 is 0 Å². The molecule has 2 heterocycles. The Bertz CT molecular complexity index is 359. The third-order valence-electron chi connectivity index (χ3n) is 1.12. The van der Waals surface area contributed by atoms with E-state index in [-0.39, 0.29) is 0 Å². The molecule has 2 rings (SSSR count). The fourth-order valence-electron chi connectivity index (χ4n) is 0.640. The smallest absolute Gasteiger partial charge is 0.135 e. The van der Waals surface area contributed by atoms with Crippen molar-refractivity contribution < 1.29 is 0 Å². The molecule has 0 aromatic carbocycles. The molecule has 12 heavy (non-hydrogen) atoms. The van der Waals surface area contributed by atoms with Crippen LogP contribution >= 0.6 is 54.9 Å². The monoisotopic (exact) mass is 326 g/mol. The minimum atomic E-state index is 0.737. The zero-order valence-corrected chi connectivity index (χ0v) is 10.2. The van der Waals surface area contributed by atoms with Crippen LogP contribution in [-0.2, 0) is 0 Å². The summed E-state index contributed by atoms with van der Waals surface area (Å²) in [6.45, 7) is 0. The molecule has 0 spiro atoms. The van der Waals surface area contributed by atoms with Crippen molar-refractivity contribution in [3.05, 3.63) is 7.57 Å². The van der Waals surface area contributed by atoms with Crippen LogP contribution in [0.25, 0.3) is 11.4 Å². The number of hydrogen-bond donors (Lipinski definition) is 0. The Morgan fingerprint density at radius 3 is 1.50 bits per heavy atom. The second-order valence-corrected chi connectivity index (χ2v) is 5.93. The van der Waals surface area contributed by atoms with E-state index < -0.39 is 0 Å². The highest BCUT2D eigenvalue weighted by atomic mass is 79.9. The second kappa shape index (κ2) is 3.44. The van der Waals surface area contributed by atoms with Crippen LogP contribution in [0.15, 0.2) is 7.57 Å². The summed E-state index contributed by atoms with van der Waals surface area (Å²) in [6.07, 6.45) is 0. The van der Waals surface area contributed by atoms with Gasteiger partial charge in [-0.25, -0.2) is 0 Å². The molecule has 0 bridgehead atoms. The van der Waals surface area contributed by atoms with E-state index in [1.165, 1.54) is 23.1 Å². The Morgan fingerprint density at radius 1 is 0.833 bits per heavy atom. The van der Waals surface area contributed by atoms with E-state index in [1.54, 1.807) is 0 Å². The molecular weight excluding hydrogens is 328 g/mol. The van der Waals surface area contributed by atoms with Crippen LogP contribution in [0.4, 0.5) is 0 Å². The van der Waals surface area contributed by atoms with Gasteiger partial charge in [0, 0.05) is 0 Å². The van der Waals surface area contributed by atoms with Crippen molar-refractivity contribution in [1.82, 2.24) is 19.2 Å². The summed E-state index contributed by atoms with van der Waals surface area (Å²) >= 11 is 9.23. The lowest BCUT2D eigenvalue weighted by molar-refractivity contribution is 1.10. The highest BCUT2D eigenvalue weighted by Gasteiger charge is 2.14. The molecule has 0 saturated carbocycles. The average Bonchev–Trinajstić information content (AvgIpc) is 2.59. The summed E-state index contributed by atoms with van der Waals surface area (Å²) in [5, 5.41) is 7.83. The van der Waals surface area contributed by atoms with Crippen LogP contribution in [0, 0.1) is 0 Å². The van der Waals surface area contributed by atoms with Crippen molar-refractivity contribution in [2.24, 2.45) is 0 Å². The molecule has 62 valence electrons. The van der Waals surface area contributed by atoms with Gasteiger partial charge in [-0.3, -0.25) is 0 Å². The van der Waals surface area contributed by atoms with Crippen molar-refractivity contribution >= 4 is 54.9 Å². The maximum Gasteiger partial charge on any atom is 0.142 e. The SMILES string of the molecule is Brc1snnc1-c1nnsc1Br. The zero-order chi connectivity index (χ0) is 8.55. The largest absolute Gasteiger partial charge is 0.142 e. The van der Waals surface area contributed by atoms with Crippen LogP contribution in [-0.4, -0.2) is 19.2 Å². The molecule has 0 aliphatic heterocycles. The first-order valence-electron chi connectivity index (χ1n) is 2.75. The van der Waals surface area contributed by atoms with Crippen LogP contribution in [0.2, 0.25) is 0 Å². The van der Waals surface area contributed by atoms with E-state index in [4.69, 9.17) is 0 Å². The highest BCUT2D eigenvalue weighted by Crippen LogP contribution is 2.33. The molecular formula is C4Br2N4S2. The Balaban J connectivity index is 2.57. The van der Waals surface area contributed by atoms with Crippen molar-refractivity contribution in [3.8, 4) is 11.4 Å². The summed E-state index contributed by atoms with van der Waals surface area (Å²) in [4.78, 5) is 0. The quantitative estimate of drug-likeness (QED) is 0.807. The summed E-state index contributed by atoms with van der Waals surface area (Å²) in [6, 6.07) is 0. The summed E-state index contributed by atoms with van der Waals surface area (Å²) in [5.74, 6) is 0. The number of aromatic nitrogens is 4. The molecule has 0 saturated heterocycles. The number of nitrogens with zero attached hydrogens (tertiary/aromatic N) is 4. The first kappa shape index (κ1) is 8.67. The van der Waals surface area contributed by atoms with Gasteiger partial charge in [-0.05, 0) is 54.9 Å². The molecule has 0 aliphatic carbocycles. The summed E-state index contributed by atoms with van der Waals surface area (Å²) in [7, 11) is 0. The molecule has 2 aromatic heterocycles. The predicted molar refractivity (Wildman–Crippen MR) is 54.2 cm³/mol. The van der Waals surface area contributed by atoms with Gasteiger partial charge in [0.1, 0.15) is 19.0 Å². The topological polar surface area (TPSA) is 51.6 Å². The van der Waals surface area contributed by atoms with E-state index in [9.17, 15) is 0 Å². The molecule has 8 heteroatoms. The van der Waals surface area contributed by atoms with E-state index >= 15 is 0 Å². The lowest BCUT2D eigenvalue weighted by Crippen LogP contribution is -1.80. The molecule has 0 fully saturated rings. The van der Waals surface area contributed by atoms with Crippen molar-refractivity contribution in [1.29, 1.82) is 0 Å². The third kappa shape index (κ3) is 1.43. The van der Waals surface area contributed by atoms with E-state index in [0.29, 0.717) is 0 Å². The highest BCUT2D eigenvalue weighted by molar-refractivity contribution is 9.11. The molecule has 0 amide bonds. The van der Waals surface area contributed by atoms with Gasteiger partial charge in [-0.15, -0.1) is 10.2 Å². The van der Waals surface area contributed by atoms with Crippen LogP contribution in [0.3, 0.4) is 0 Å². The molecule has 0 unspecified atom stereocenters. The lowest BCUT2D eigenvalue weighted by atomic mass is 10.4. The first-order valence-corrected chi connectivity index (χ1v) is 5.88. The van der Waals surface area contributed by atoms with Crippen LogP contribution in [0.1, 0.15) is 0 Å². The van der Waals surface area contributed by atoms with Crippen molar-refractivity contribution in [3.63, 3.8) is 0 Å². The molecule has 0 N–H and O–H groups in total. The van der Waals surface area contributed by atoms with Crippen molar-refractivity contribution in [2.75, 3.05) is 0 Å². The molecule has 0 radical (unpaired) electrons. The van der Waals surface area contributed by atoms with Gasteiger partial charge in [-0.1, -0.05) is 8.98 Å². The van der Waals surface area contributed by atoms with Crippen LogP contribution in [0.5, 0.6) is 0 Å². The van der Waals surface area contributed by atoms with Gasteiger partial charge >= 0.3 is 0 Å². The van der Waals surface area contributed by atoms with Gasteiger partial charge in [0.2, 0.25) is 0 Å². The second-order valence-electron chi connectivity index (χ2n) is 1.79. The lowest BCUT2D eigenvalue weighted by Gasteiger charge is -1.87. The Labute approximate surface area is 92.6 Å². The summed E-state index contributed by atoms with van der Waals surface area (Å²) < 4.78 is 9.30. The minimum absolute atomic E-state index is 0.737. The van der Waals surface area contributed by atoms with Gasteiger partial charge in [0.05, 0.1) is 0 Å². The molecule has 2 aromatic rings. The van der Waals surface area contributed by atoms with Gasteiger partial charge in [0.15, 0.2) is 0 Å². The van der Waals surface area contributed by atoms with Crippen molar-refractivity contribution in [2.45, 2.75) is 0 Å². The number of hydrogen-bond acceptors (Lipinski definition) is 6. The Kier molecular flexibility index (Phi) is 2.49.